The molecule has 0 aliphatic carbocycles. The Morgan fingerprint density at radius 3 is 2.85 bits per heavy atom. The molecule has 2 aromatic rings. The van der Waals surface area contributed by atoms with Crippen LogP contribution in [0.3, 0.4) is 0 Å². The highest BCUT2D eigenvalue weighted by Crippen LogP contribution is 2.32. The molecular weight excluding hydrogens is 384 g/mol. The molecule has 1 fully saturated rings. The highest BCUT2D eigenvalue weighted by molar-refractivity contribution is 7.88. The number of hydrogen-bond acceptors (Lipinski definition) is 6. The van der Waals surface area contributed by atoms with E-state index in [2.05, 4.69) is 28.9 Å². The first-order valence-electron chi connectivity index (χ1n) is 9.18. The first-order valence-corrected chi connectivity index (χ1v) is 11.8. The van der Waals surface area contributed by atoms with Gasteiger partial charge in [0.15, 0.2) is 0 Å². The van der Waals surface area contributed by atoms with Crippen LogP contribution in [-0.2, 0) is 29.5 Å². The van der Waals surface area contributed by atoms with Crippen LogP contribution in [0.5, 0.6) is 0 Å². The number of nitrogens with zero attached hydrogens (tertiary/aromatic N) is 3. The lowest BCUT2D eigenvalue weighted by atomic mass is 10.1. The number of sulfonamides is 1. The maximum atomic E-state index is 12.6. The summed E-state index contributed by atoms with van der Waals surface area (Å²) in [5.74, 6) is 0.667. The molecule has 0 amide bonds. The number of likely N-dealkylation sites (tertiary alicyclic amines) is 1. The van der Waals surface area contributed by atoms with Crippen molar-refractivity contribution < 1.29 is 8.42 Å². The molecule has 0 aromatic carbocycles. The third-order valence-electron chi connectivity index (χ3n) is 5.36. The molecule has 7 nitrogen and oxygen atoms in total. The molecule has 27 heavy (non-hydrogen) atoms. The fourth-order valence-electron chi connectivity index (χ4n) is 3.97. The lowest BCUT2D eigenvalue weighted by Crippen LogP contribution is -2.39. The monoisotopic (exact) mass is 408 g/mol. The van der Waals surface area contributed by atoms with Gasteiger partial charge in [0.2, 0.25) is 10.0 Å². The molecule has 0 radical (unpaired) electrons. The normalized spacial score (nSPS) is 21.5. The van der Waals surface area contributed by atoms with E-state index in [1.54, 1.807) is 11.3 Å². The van der Waals surface area contributed by atoms with E-state index >= 15 is 0 Å². The molecule has 2 aliphatic rings. The third kappa shape index (κ3) is 3.87. The van der Waals surface area contributed by atoms with Crippen molar-refractivity contribution in [2.45, 2.75) is 45.3 Å². The van der Waals surface area contributed by atoms with Crippen LogP contribution >= 0.6 is 11.3 Å². The maximum Gasteiger partial charge on any atom is 0.254 e. The molecule has 2 aliphatic heterocycles. The van der Waals surface area contributed by atoms with E-state index in [0.29, 0.717) is 30.0 Å². The quantitative estimate of drug-likeness (QED) is 0.834. The smallest absolute Gasteiger partial charge is 0.254 e. The Bertz CT molecular complexity index is 1010. The standard InChI is InChI=1S/C18H24N4O3S2/c1-12-5-6-13(26-12)10-21-8-3-4-16(21)17-19-15-11-22(27(2,24)25)9-7-14(15)18(23)20-17/h5-6,16H,3-4,7-11H2,1-2H3,(H,19,20,23)/t16-/m1/s1. The van der Waals surface area contributed by atoms with E-state index in [0.717, 1.165) is 25.9 Å². The van der Waals surface area contributed by atoms with Gasteiger partial charge in [-0.05, 0) is 44.9 Å². The van der Waals surface area contributed by atoms with Crippen LogP contribution < -0.4 is 5.56 Å². The second-order valence-electron chi connectivity index (χ2n) is 7.36. The summed E-state index contributed by atoms with van der Waals surface area (Å²) in [6.07, 6.45) is 3.62. The summed E-state index contributed by atoms with van der Waals surface area (Å²) >= 11 is 1.79. The van der Waals surface area contributed by atoms with E-state index in [4.69, 9.17) is 4.98 Å². The average Bonchev–Trinajstić information content (AvgIpc) is 3.23. The lowest BCUT2D eigenvalue weighted by Gasteiger charge is -2.27. The van der Waals surface area contributed by atoms with Gasteiger partial charge in [0, 0.05) is 28.4 Å². The van der Waals surface area contributed by atoms with Crippen molar-refractivity contribution in [3.63, 3.8) is 0 Å². The Morgan fingerprint density at radius 1 is 1.33 bits per heavy atom. The zero-order valence-electron chi connectivity index (χ0n) is 15.6. The average molecular weight is 409 g/mol. The Balaban J connectivity index is 1.62. The van der Waals surface area contributed by atoms with Gasteiger partial charge in [-0.25, -0.2) is 13.4 Å². The minimum absolute atomic E-state index is 0.0685. The van der Waals surface area contributed by atoms with E-state index in [1.807, 2.05) is 0 Å². The van der Waals surface area contributed by atoms with Gasteiger partial charge in [-0.1, -0.05) is 0 Å². The molecule has 2 aromatic heterocycles. The van der Waals surface area contributed by atoms with Crippen molar-refractivity contribution in [3.05, 3.63) is 49.3 Å². The summed E-state index contributed by atoms with van der Waals surface area (Å²) in [5, 5.41) is 0. The zero-order valence-corrected chi connectivity index (χ0v) is 17.2. The van der Waals surface area contributed by atoms with Gasteiger partial charge in [-0.3, -0.25) is 9.69 Å². The lowest BCUT2D eigenvalue weighted by molar-refractivity contribution is 0.240. The van der Waals surface area contributed by atoms with E-state index in [1.165, 1.54) is 20.3 Å². The van der Waals surface area contributed by atoms with Gasteiger partial charge in [-0.2, -0.15) is 4.31 Å². The van der Waals surface area contributed by atoms with Crippen molar-refractivity contribution in [2.75, 3.05) is 19.3 Å². The molecule has 0 saturated carbocycles. The number of aromatic nitrogens is 2. The number of fused-ring (bicyclic) bond motifs is 1. The van der Waals surface area contributed by atoms with Crippen molar-refractivity contribution in [1.82, 2.24) is 19.2 Å². The Kier molecular flexibility index (Phi) is 4.96. The van der Waals surface area contributed by atoms with Crippen LogP contribution in [-0.4, -0.2) is 46.9 Å². The molecular formula is C18H24N4O3S2. The minimum atomic E-state index is -3.29. The van der Waals surface area contributed by atoms with Crippen molar-refractivity contribution in [2.24, 2.45) is 0 Å². The van der Waals surface area contributed by atoms with Gasteiger partial charge in [0.1, 0.15) is 5.82 Å². The molecule has 1 N–H and O–H groups in total. The van der Waals surface area contributed by atoms with Crippen molar-refractivity contribution >= 4 is 21.4 Å². The predicted octanol–water partition coefficient (Wildman–Crippen LogP) is 1.79. The first kappa shape index (κ1) is 18.8. The van der Waals surface area contributed by atoms with Crippen LogP contribution in [0.15, 0.2) is 16.9 Å². The summed E-state index contributed by atoms with van der Waals surface area (Å²) in [7, 11) is -3.29. The summed E-state index contributed by atoms with van der Waals surface area (Å²) in [4.78, 5) is 25.2. The van der Waals surface area contributed by atoms with Crippen molar-refractivity contribution in [1.29, 1.82) is 0 Å². The van der Waals surface area contributed by atoms with Gasteiger partial charge < -0.3 is 4.98 Å². The molecule has 9 heteroatoms. The topological polar surface area (TPSA) is 86.4 Å². The Morgan fingerprint density at radius 2 is 2.15 bits per heavy atom. The molecule has 146 valence electrons. The summed E-state index contributed by atoms with van der Waals surface area (Å²) in [5.41, 5.74) is 1.10. The van der Waals surface area contributed by atoms with Gasteiger partial charge >= 0.3 is 0 Å². The minimum Gasteiger partial charge on any atom is -0.309 e. The number of aromatic amines is 1. The molecule has 0 spiro atoms. The SMILES string of the molecule is Cc1ccc(CN2CCC[C@@H]2c2nc3c(c(=O)[nH]2)CCN(S(C)(=O)=O)C3)s1. The number of thiophene rings is 1. The number of rotatable bonds is 4. The first-order chi connectivity index (χ1) is 12.8. The molecule has 4 heterocycles. The second kappa shape index (κ2) is 7.12. The number of aryl methyl sites for hydroxylation is 1. The van der Waals surface area contributed by atoms with Gasteiger partial charge in [0.05, 0.1) is 24.5 Å². The predicted molar refractivity (Wildman–Crippen MR) is 105 cm³/mol. The second-order valence-corrected chi connectivity index (χ2v) is 10.7. The van der Waals surface area contributed by atoms with E-state index in [-0.39, 0.29) is 18.1 Å². The molecule has 1 saturated heterocycles. The third-order valence-corrected chi connectivity index (χ3v) is 7.60. The number of H-pyrrole nitrogens is 1. The van der Waals surface area contributed by atoms with E-state index in [9.17, 15) is 13.2 Å². The van der Waals surface area contributed by atoms with Gasteiger partial charge in [-0.15, -0.1) is 11.3 Å². The van der Waals surface area contributed by atoms with Crippen molar-refractivity contribution in [3.8, 4) is 0 Å². The summed E-state index contributed by atoms with van der Waals surface area (Å²) in [6, 6.07) is 4.35. The van der Waals surface area contributed by atoms with Gasteiger partial charge in [0.25, 0.3) is 5.56 Å². The highest BCUT2D eigenvalue weighted by Gasteiger charge is 2.31. The number of hydrogen-bond donors (Lipinski definition) is 1. The number of nitrogens with one attached hydrogen (secondary N) is 1. The summed E-state index contributed by atoms with van der Waals surface area (Å²) < 4.78 is 25.2. The fourth-order valence-corrected chi connectivity index (χ4v) is 5.67. The van der Waals surface area contributed by atoms with Crippen LogP contribution in [0, 0.1) is 6.92 Å². The van der Waals surface area contributed by atoms with Crippen LogP contribution in [0.25, 0.3) is 0 Å². The molecule has 1 atom stereocenters. The molecule has 0 bridgehead atoms. The zero-order chi connectivity index (χ0) is 19.2. The van der Waals surface area contributed by atoms with Crippen LogP contribution in [0.4, 0.5) is 0 Å². The Hall–Kier alpha value is -1.55. The fraction of sp³-hybridized carbons (Fsp3) is 0.556. The van der Waals surface area contributed by atoms with E-state index < -0.39 is 10.0 Å². The summed E-state index contributed by atoms with van der Waals surface area (Å²) in [6.45, 7) is 4.44. The highest BCUT2D eigenvalue weighted by atomic mass is 32.2. The van der Waals surface area contributed by atoms with Crippen LogP contribution in [0.1, 0.15) is 45.7 Å². The molecule has 4 rings (SSSR count). The maximum absolute atomic E-state index is 12.6. The molecule has 0 unspecified atom stereocenters. The largest absolute Gasteiger partial charge is 0.309 e. The van der Waals surface area contributed by atoms with Crippen LogP contribution in [0.2, 0.25) is 0 Å². The Labute approximate surface area is 163 Å².